The zero-order valence-electron chi connectivity index (χ0n) is 44.0. The predicted octanol–water partition coefficient (Wildman–Crippen LogP) is 7.45. The van der Waals surface area contributed by atoms with Crippen LogP contribution < -0.4 is 26.3 Å². The van der Waals surface area contributed by atoms with Gasteiger partial charge in [0.2, 0.25) is 5.91 Å². The highest BCUT2D eigenvalue weighted by Crippen LogP contribution is 2.43. The van der Waals surface area contributed by atoms with Crippen LogP contribution in [0.4, 0.5) is 41.7 Å². The highest BCUT2D eigenvalue weighted by atomic mass is 35.5. The van der Waals surface area contributed by atoms with Crippen LogP contribution in [-0.4, -0.2) is 151 Å². The predicted molar refractivity (Wildman–Crippen MR) is 280 cm³/mol. The van der Waals surface area contributed by atoms with E-state index in [-0.39, 0.29) is 22.0 Å². The third-order valence-electron chi connectivity index (χ3n) is 14.5. The maximum atomic E-state index is 14.6. The van der Waals surface area contributed by atoms with Gasteiger partial charge in [0.25, 0.3) is 5.91 Å². The van der Waals surface area contributed by atoms with Crippen molar-refractivity contribution in [1.29, 1.82) is 0 Å². The Morgan fingerprint density at radius 1 is 0.823 bits per heavy atom. The molecule has 0 aliphatic carbocycles. The molecule has 6 atom stereocenters. The number of ether oxygens (including phenoxy) is 3. The molecule has 0 saturated carbocycles. The van der Waals surface area contributed by atoms with Crippen molar-refractivity contribution in [2.24, 2.45) is 10.8 Å². The molecule has 426 valence electrons. The Kier molecular flexibility index (Phi) is 19.0. The third kappa shape index (κ3) is 14.3. The first-order valence-electron chi connectivity index (χ1n) is 25.2. The van der Waals surface area contributed by atoms with E-state index >= 15 is 0 Å². The molecular formula is C54H61Cl2F6N9O8. The Labute approximate surface area is 463 Å². The van der Waals surface area contributed by atoms with Crippen molar-refractivity contribution >= 4 is 53.0 Å². The maximum Gasteiger partial charge on any atom is 0.407 e. The van der Waals surface area contributed by atoms with Crippen molar-refractivity contribution in [2.75, 3.05) is 51.9 Å². The van der Waals surface area contributed by atoms with E-state index in [4.69, 9.17) is 37.7 Å². The summed E-state index contributed by atoms with van der Waals surface area (Å²) in [4.78, 5) is 67.1. The molecule has 3 saturated heterocycles. The van der Waals surface area contributed by atoms with E-state index in [0.717, 1.165) is 64.1 Å². The molecule has 4 amide bonds. The number of rotatable bonds is 18. The number of carbonyl (C=O) groups excluding carboxylic acids is 4. The van der Waals surface area contributed by atoms with E-state index in [1.165, 1.54) is 18.3 Å². The van der Waals surface area contributed by atoms with Crippen molar-refractivity contribution in [2.45, 2.75) is 108 Å². The molecule has 2 aromatic heterocycles. The molecule has 2 bridgehead atoms. The molecule has 0 spiro atoms. The van der Waals surface area contributed by atoms with Gasteiger partial charge >= 0.3 is 24.5 Å². The van der Waals surface area contributed by atoms with Crippen LogP contribution in [0.1, 0.15) is 62.8 Å². The SMILES string of the molecule is CNC(=O)O[C@H](C(=O)NN(Cc1c(Cl)cc(-c2ccccn2)cc1Cl)C[C@H](O)[C@H](Cc1ccc(C#Cc2ccc(N3C[C@@H]4CC[C@@H](C3)N4C3COC3)nc2)cc1)NC(=O)[C@@H](NC(=O)OC)C(C)(C)C(F)(F)F)C(C)(C)C(F)(F)F. The summed E-state index contributed by atoms with van der Waals surface area (Å²) in [6.07, 6.45) is -12.4. The van der Waals surface area contributed by atoms with Gasteiger partial charge in [-0.2, -0.15) is 26.3 Å². The number of nitrogens with one attached hydrogen (secondary N) is 4. The maximum absolute atomic E-state index is 14.6. The van der Waals surface area contributed by atoms with Gasteiger partial charge < -0.3 is 40.2 Å². The van der Waals surface area contributed by atoms with E-state index in [0.29, 0.717) is 73.8 Å². The second-order valence-corrected chi connectivity index (χ2v) is 21.5. The van der Waals surface area contributed by atoms with Crippen LogP contribution in [0.15, 0.2) is 79.1 Å². The van der Waals surface area contributed by atoms with Crippen LogP contribution >= 0.6 is 23.2 Å². The Balaban J connectivity index is 1.17. The van der Waals surface area contributed by atoms with Crippen LogP contribution in [0.25, 0.3) is 11.3 Å². The number of carbonyl (C=O) groups is 4. The Morgan fingerprint density at radius 3 is 1.97 bits per heavy atom. The number of methoxy groups -OCH3 is 1. The second kappa shape index (κ2) is 24.9. The number of hydrogen-bond donors (Lipinski definition) is 5. The number of halogens is 8. The largest absolute Gasteiger partial charge is 0.453 e. The fraction of sp³-hybridized carbons (Fsp3) is 0.481. The summed E-state index contributed by atoms with van der Waals surface area (Å²) in [5.74, 6) is 4.07. The minimum atomic E-state index is -5.14. The molecule has 3 aliphatic rings. The zero-order valence-corrected chi connectivity index (χ0v) is 45.5. The highest BCUT2D eigenvalue weighted by molar-refractivity contribution is 6.36. The molecule has 25 heteroatoms. The Hall–Kier alpha value is -6.42. The standard InChI is InChI=1S/C54H61Cl2F6N9O8/c1-51(2,53(57,58)59)45(67-50(76)77-6)47(73)66-42(21-32-13-10-31(11-14-32)12-15-33-16-19-44(65-24-33)69-25-35-17-18-36(26-69)71(35)37-29-78-30-37)43(72)28-70(68-48(74)46(79-49(75)63-5)52(3,4)54(60,61)62)27-38-39(55)22-34(23-40(38)56)41-9-7-8-20-64-41/h7-11,13-14,16,19-20,22-24,35-37,42-43,45-46,72H,17-18,21,25-30H2,1-6H3,(H,63,75)(H,66,73)(H,67,76)(H,68,74)/t35-,36-,42-,43-,45+,46+/m0/s1. The Bertz CT molecular complexity index is 2830. The van der Waals surface area contributed by atoms with Gasteiger partial charge in [-0.05, 0) is 101 Å². The molecule has 4 aromatic rings. The number of fused-ring (bicyclic) bond motifs is 2. The molecule has 7 rings (SSSR count). The molecular weight excluding hydrogens is 1090 g/mol. The van der Waals surface area contributed by atoms with Gasteiger partial charge in [0.05, 0.1) is 49.6 Å². The molecule has 0 radical (unpaired) electrons. The van der Waals surface area contributed by atoms with Gasteiger partial charge in [-0.25, -0.2) is 19.6 Å². The number of pyridine rings is 2. The summed E-state index contributed by atoms with van der Waals surface area (Å²) in [6, 6.07) is 15.7. The summed E-state index contributed by atoms with van der Waals surface area (Å²) >= 11 is 13.5. The van der Waals surface area contributed by atoms with Crippen LogP contribution in [0.3, 0.4) is 0 Å². The second-order valence-electron chi connectivity index (χ2n) is 20.7. The first-order valence-corrected chi connectivity index (χ1v) is 25.9. The smallest absolute Gasteiger partial charge is 0.407 e. The van der Waals surface area contributed by atoms with Crippen molar-refractivity contribution in [3.05, 3.63) is 111 Å². The molecule has 17 nitrogen and oxygen atoms in total. The van der Waals surface area contributed by atoms with Gasteiger partial charge in [-0.3, -0.25) is 24.9 Å². The summed E-state index contributed by atoms with van der Waals surface area (Å²) < 4.78 is 103. The van der Waals surface area contributed by atoms with Crippen molar-refractivity contribution in [3.8, 4) is 23.1 Å². The number of alkyl halides is 6. The minimum Gasteiger partial charge on any atom is -0.453 e. The first kappa shape index (κ1) is 60.2. The Morgan fingerprint density at radius 2 is 1.44 bits per heavy atom. The zero-order chi connectivity index (χ0) is 57.6. The fourth-order valence-corrected chi connectivity index (χ4v) is 10.1. The van der Waals surface area contributed by atoms with Crippen molar-refractivity contribution < 1.29 is 64.8 Å². The number of aliphatic hydroxyl groups is 1. The van der Waals surface area contributed by atoms with Crippen LogP contribution in [0, 0.1) is 22.7 Å². The number of anilines is 1. The van der Waals surface area contributed by atoms with E-state index in [1.807, 2.05) is 22.8 Å². The first-order chi connectivity index (χ1) is 37.2. The number of aromatic nitrogens is 2. The lowest BCUT2D eigenvalue weighted by atomic mass is 9.82. The van der Waals surface area contributed by atoms with Crippen molar-refractivity contribution in [1.82, 2.24) is 41.3 Å². The number of alkyl carbamates (subject to hydrolysis) is 2. The average molecular weight is 1150 g/mol. The average Bonchev–Trinajstić information content (AvgIpc) is 3.81. The third-order valence-corrected chi connectivity index (χ3v) is 15.2. The van der Waals surface area contributed by atoms with E-state index in [1.54, 1.807) is 48.7 Å². The number of piperazine rings is 1. The number of hydrazine groups is 1. The topological polar surface area (TPSA) is 200 Å². The molecule has 3 aliphatic heterocycles. The summed E-state index contributed by atoms with van der Waals surface area (Å²) in [5.41, 5.74) is -1.15. The number of aliphatic hydroxyl groups excluding tert-OH is 1. The van der Waals surface area contributed by atoms with E-state index < -0.39 is 84.6 Å². The summed E-state index contributed by atoms with van der Waals surface area (Å²) in [7, 11) is 1.94. The molecule has 79 heavy (non-hydrogen) atoms. The summed E-state index contributed by atoms with van der Waals surface area (Å²) in [6.45, 7) is 4.49. The molecule has 2 aromatic carbocycles. The molecule has 5 N–H and O–H groups in total. The van der Waals surface area contributed by atoms with Crippen LogP contribution in [0.2, 0.25) is 10.0 Å². The molecule has 3 fully saturated rings. The van der Waals surface area contributed by atoms with Gasteiger partial charge in [-0.1, -0.05) is 53.2 Å². The van der Waals surface area contributed by atoms with Crippen LogP contribution in [-0.2, 0) is 36.8 Å². The summed E-state index contributed by atoms with van der Waals surface area (Å²) in [5, 5.41) is 19.4. The van der Waals surface area contributed by atoms with Gasteiger partial charge in [0.15, 0.2) is 6.10 Å². The minimum absolute atomic E-state index is 0.0286. The van der Waals surface area contributed by atoms with Crippen LogP contribution in [0.5, 0.6) is 0 Å². The lowest BCUT2D eigenvalue weighted by molar-refractivity contribution is -0.239. The number of benzene rings is 2. The van der Waals surface area contributed by atoms with Crippen molar-refractivity contribution in [3.63, 3.8) is 0 Å². The highest BCUT2D eigenvalue weighted by Gasteiger charge is 2.58. The quantitative estimate of drug-likeness (QED) is 0.0374. The molecule has 0 unspecified atom stereocenters. The van der Waals surface area contributed by atoms with Gasteiger partial charge in [0.1, 0.15) is 17.3 Å². The molecule has 5 heterocycles. The van der Waals surface area contributed by atoms with E-state index in [2.05, 4.69) is 42.1 Å². The lowest BCUT2D eigenvalue weighted by Crippen LogP contribution is -2.62. The lowest BCUT2D eigenvalue weighted by Gasteiger charge is -2.47. The number of nitrogens with zero attached hydrogens (tertiary/aromatic N) is 5. The van der Waals surface area contributed by atoms with E-state index in [9.17, 15) is 50.6 Å². The monoisotopic (exact) mass is 1150 g/mol. The number of hydrogen-bond acceptors (Lipinski definition) is 13. The number of amides is 4. The fourth-order valence-electron chi connectivity index (χ4n) is 9.53. The van der Waals surface area contributed by atoms with Gasteiger partial charge in [-0.15, -0.1) is 0 Å². The normalized spacial score (nSPS) is 18.5. The van der Waals surface area contributed by atoms with Gasteiger partial charge in [0, 0.05) is 90.0 Å².